The molecule has 7 nitrogen and oxygen atoms in total. The SMILES string of the molecule is c1cc2cc(-c3n[nH]c4ncc(-c5cncc(CN6CCCCC6)c5)cc34)[nH]c2cn1. The number of nitrogens with zero attached hydrogens (tertiary/aromatic N) is 5. The molecule has 1 aliphatic heterocycles. The third-order valence-corrected chi connectivity index (χ3v) is 6.08. The monoisotopic (exact) mass is 409 g/mol. The molecule has 7 heteroatoms. The first-order valence-corrected chi connectivity index (χ1v) is 10.8. The highest BCUT2D eigenvalue weighted by Gasteiger charge is 2.14. The molecule has 154 valence electrons. The van der Waals surface area contributed by atoms with Gasteiger partial charge in [-0.1, -0.05) is 6.42 Å². The minimum Gasteiger partial charge on any atom is -0.352 e. The van der Waals surface area contributed by atoms with Crippen LogP contribution < -0.4 is 0 Å². The van der Waals surface area contributed by atoms with Gasteiger partial charge in [-0.2, -0.15) is 5.10 Å². The highest BCUT2D eigenvalue weighted by molar-refractivity contribution is 5.95. The van der Waals surface area contributed by atoms with E-state index in [0.29, 0.717) is 0 Å². The number of piperidine rings is 1. The van der Waals surface area contributed by atoms with E-state index in [-0.39, 0.29) is 0 Å². The van der Waals surface area contributed by atoms with Crippen molar-refractivity contribution in [2.75, 3.05) is 13.1 Å². The summed E-state index contributed by atoms with van der Waals surface area (Å²) in [5.41, 5.74) is 6.94. The quantitative estimate of drug-likeness (QED) is 0.455. The lowest BCUT2D eigenvalue weighted by Crippen LogP contribution is -2.29. The molecular formula is C24H23N7. The second-order valence-corrected chi connectivity index (χ2v) is 8.26. The molecule has 1 fully saturated rings. The van der Waals surface area contributed by atoms with Gasteiger partial charge in [0.1, 0.15) is 5.69 Å². The van der Waals surface area contributed by atoms with E-state index in [0.717, 1.165) is 51.0 Å². The average Bonchev–Trinajstić information content (AvgIpc) is 3.43. The second-order valence-electron chi connectivity index (χ2n) is 8.26. The molecule has 0 spiro atoms. The lowest BCUT2D eigenvalue weighted by Gasteiger charge is -2.26. The van der Waals surface area contributed by atoms with Gasteiger partial charge in [0.05, 0.1) is 17.4 Å². The summed E-state index contributed by atoms with van der Waals surface area (Å²) in [6.07, 6.45) is 13.3. The number of aromatic nitrogens is 6. The number of hydrogen-bond acceptors (Lipinski definition) is 5. The Kier molecular flexibility index (Phi) is 4.46. The summed E-state index contributed by atoms with van der Waals surface area (Å²) in [4.78, 5) is 19.3. The first-order valence-electron chi connectivity index (χ1n) is 10.8. The Bertz CT molecular complexity index is 1330. The Balaban J connectivity index is 1.36. The summed E-state index contributed by atoms with van der Waals surface area (Å²) in [6.45, 7) is 3.31. The minimum atomic E-state index is 0.771. The summed E-state index contributed by atoms with van der Waals surface area (Å²) in [6, 6.07) is 8.47. The Labute approximate surface area is 179 Å². The average molecular weight is 409 g/mol. The lowest BCUT2D eigenvalue weighted by atomic mass is 10.0. The highest BCUT2D eigenvalue weighted by atomic mass is 15.2. The van der Waals surface area contributed by atoms with Crippen molar-refractivity contribution >= 4 is 21.9 Å². The number of nitrogens with one attached hydrogen (secondary N) is 2. The van der Waals surface area contributed by atoms with Crippen LogP contribution in [0.1, 0.15) is 24.8 Å². The molecule has 2 N–H and O–H groups in total. The maximum atomic E-state index is 4.62. The fraction of sp³-hybridized carbons (Fsp3) is 0.250. The zero-order valence-electron chi connectivity index (χ0n) is 17.2. The number of aromatic amines is 2. The molecule has 31 heavy (non-hydrogen) atoms. The van der Waals surface area contributed by atoms with E-state index >= 15 is 0 Å². The van der Waals surface area contributed by atoms with Crippen LogP contribution >= 0.6 is 0 Å². The minimum absolute atomic E-state index is 0.771. The molecule has 0 saturated carbocycles. The molecule has 1 saturated heterocycles. The molecule has 0 atom stereocenters. The number of pyridine rings is 3. The summed E-state index contributed by atoms with van der Waals surface area (Å²) in [7, 11) is 0. The third-order valence-electron chi connectivity index (χ3n) is 6.08. The smallest absolute Gasteiger partial charge is 0.155 e. The maximum Gasteiger partial charge on any atom is 0.155 e. The molecule has 6 heterocycles. The fourth-order valence-electron chi connectivity index (χ4n) is 4.47. The maximum absolute atomic E-state index is 4.62. The summed E-state index contributed by atoms with van der Waals surface area (Å²) in [5, 5.41) is 9.68. The van der Waals surface area contributed by atoms with Gasteiger partial charge >= 0.3 is 0 Å². The molecule has 0 radical (unpaired) electrons. The Morgan fingerprint density at radius 3 is 2.71 bits per heavy atom. The number of rotatable bonds is 4. The number of likely N-dealkylation sites (tertiary alicyclic amines) is 1. The van der Waals surface area contributed by atoms with Crippen LogP contribution in [0.4, 0.5) is 0 Å². The molecule has 6 rings (SSSR count). The topological polar surface area (TPSA) is 86.4 Å². The zero-order valence-corrected chi connectivity index (χ0v) is 17.2. The van der Waals surface area contributed by atoms with Crippen LogP contribution in [0.5, 0.6) is 0 Å². The van der Waals surface area contributed by atoms with E-state index in [1.54, 1.807) is 6.20 Å². The lowest BCUT2D eigenvalue weighted by molar-refractivity contribution is 0.220. The van der Waals surface area contributed by atoms with Crippen LogP contribution in [0.3, 0.4) is 0 Å². The van der Waals surface area contributed by atoms with E-state index in [4.69, 9.17) is 0 Å². The Morgan fingerprint density at radius 2 is 1.81 bits per heavy atom. The normalized spacial score (nSPS) is 15.1. The van der Waals surface area contributed by atoms with Gasteiger partial charge in [0.15, 0.2) is 5.65 Å². The Morgan fingerprint density at radius 1 is 0.903 bits per heavy atom. The number of H-pyrrole nitrogens is 2. The molecule has 5 aromatic rings. The predicted molar refractivity (Wildman–Crippen MR) is 121 cm³/mol. The van der Waals surface area contributed by atoms with Gasteiger partial charge in [0.25, 0.3) is 0 Å². The van der Waals surface area contributed by atoms with Crippen molar-refractivity contribution in [2.24, 2.45) is 0 Å². The third kappa shape index (κ3) is 3.47. The van der Waals surface area contributed by atoms with Gasteiger partial charge in [-0.25, -0.2) is 4.98 Å². The van der Waals surface area contributed by atoms with Crippen LogP contribution in [0.25, 0.3) is 44.5 Å². The van der Waals surface area contributed by atoms with Gasteiger partial charge in [-0.05, 0) is 55.8 Å². The summed E-state index contributed by atoms with van der Waals surface area (Å²) < 4.78 is 0. The van der Waals surface area contributed by atoms with Crippen molar-refractivity contribution in [3.63, 3.8) is 0 Å². The highest BCUT2D eigenvalue weighted by Crippen LogP contribution is 2.30. The fourth-order valence-corrected chi connectivity index (χ4v) is 4.47. The van der Waals surface area contributed by atoms with Gasteiger partial charge in [0.2, 0.25) is 0 Å². The Hall–Kier alpha value is -3.58. The van der Waals surface area contributed by atoms with E-state index in [1.807, 2.05) is 30.9 Å². The summed E-state index contributed by atoms with van der Waals surface area (Å²) >= 11 is 0. The van der Waals surface area contributed by atoms with E-state index in [9.17, 15) is 0 Å². The standard InChI is InChI=1S/C24H23N7/c1-2-6-31(7-3-1)15-16-8-18(12-26-11-16)19-9-20-23(29-30-24(20)27-13-19)21-10-17-4-5-25-14-22(17)28-21/h4-5,8-14,28H,1-3,6-7,15H2,(H,27,29,30). The molecule has 0 bridgehead atoms. The van der Waals surface area contributed by atoms with E-state index in [1.165, 1.54) is 37.9 Å². The van der Waals surface area contributed by atoms with Crippen LogP contribution in [-0.4, -0.2) is 48.1 Å². The van der Waals surface area contributed by atoms with Crippen LogP contribution in [0.2, 0.25) is 0 Å². The van der Waals surface area contributed by atoms with E-state index < -0.39 is 0 Å². The van der Waals surface area contributed by atoms with Crippen molar-refractivity contribution in [3.05, 3.63) is 60.8 Å². The largest absolute Gasteiger partial charge is 0.352 e. The van der Waals surface area contributed by atoms with Crippen LogP contribution in [0, 0.1) is 0 Å². The van der Waals surface area contributed by atoms with Gasteiger partial charge in [-0.3, -0.25) is 20.0 Å². The molecule has 0 amide bonds. The van der Waals surface area contributed by atoms with Gasteiger partial charge in [-0.15, -0.1) is 0 Å². The van der Waals surface area contributed by atoms with Crippen molar-refractivity contribution in [1.82, 2.24) is 35.0 Å². The molecule has 0 unspecified atom stereocenters. The molecule has 1 aliphatic rings. The predicted octanol–water partition coefficient (Wildman–Crippen LogP) is 4.55. The molecule has 0 aliphatic carbocycles. The van der Waals surface area contributed by atoms with Crippen molar-refractivity contribution in [1.29, 1.82) is 0 Å². The summed E-state index contributed by atoms with van der Waals surface area (Å²) in [5.74, 6) is 0. The van der Waals surface area contributed by atoms with Gasteiger partial charge in [0, 0.05) is 53.2 Å². The number of fused-ring (bicyclic) bond motifs is 2. The molecular weight excluding hydrogens is 386 g/mol. The second kappa shape index (κ2) is 7.59. The van der Waals surface area contributed by atoms with Crippen molar-refractivity contribution in [2.45, 2.75) is 25.8 Å². The van der Waals surface area contributed by atoms with E-state index in [2.05, 4.69) is 53.2 Å². The molecule has 5 aromatic heterocycles. The van der Waals surface area contributed by atoms with Crippen LogP contribution in [-0.2, 0) is 6.54 Å². The first kappa shape index (κ1) is 18.2. The van der Waals surface area contributed by atoms with Crippen LogP contribution in [0.15, 0.2) is 55.2 Å². The van der Waals surface area contributed by atoms with Gasteiger partial charge < -0.3 is 4.98 Å². The van der Waals surface area contributed by atoms with Crippen molar-refractivity contribution in [3.8, 4) is 22.5 Å². The van der Waals surface area contributed by atoms with Crippen molar-refractivity contribution < 1.29 is 0 Å². The first-order chi connectivity index (χ1) is 15.3. The molecule has 0 aromatic carbocycles. The number of hydrogen-bond donors (Lipinski definition) is 2. The zero-order chi connectivity index (χ0) is 20.6.